The fourth-order valence-electron chi connectivity index (χ4n) is 1.88. The van der Waals surface area contributed by atoms with Gasteiger partial charge in [0.2, 0.25) is 0 Å². The van der Waals surface area contributed by atoms with Gasteiger partial charge in [0.05, 0.1) is 5.41 Å². The van der Waals surface area contributed by atoms with Crippen molar-refractivity contribution < 1.29 is 9.90 Å². The van der Waals surface area contributed by atoms with Gasteiger partial charge in [-0.15, -0.1) is 0 Å². The van der Waals surface area contributed by atoms with Gasteiger partial charge in [-0.2, -0.15) is 0 Å². The molecule has 2 rings (SSSR count). The zero-order valence-electron chi connectivity index (χ0n) is 8.03. The molecule has 0 bridgehead atoms. The molecule has 2 heteroatoms. The van der Waals surface area contributed by atoms with E-state index in [1.54, 1.807) is 6.92 Å². The van der Waals surface area contributed by atoms with Crippen LogP contribution in [0.5, 0.6) is 0 Å². The number of carboxylic acid groups (broad SMARTS) is 1. The van der Waals surface area contributed by atoms with Crippen LogP contribution >= 0.6 is 0 Å². The summed E-state index contributed by atoms with van der Waals surface area (Å²) < 4.78 is 0. The number of hydrogen-bond donors (Lipinski definition) is 1. The van der Waals surface area contributed by atoms with Crippen LogP contribution in [0.2, 0.25) is 0 Å². The van der Waals surface area contributed by atoms with E-state index in [4.69, 9.17) is 0 Å². The molecule has 0 heterocycles. The second-order valence-corrected chi connectivity index (χ2v) is 3.83. The van der Waals surface area contributed by atoms with Gasteiger partial charge >= 0.3 is 5.97 Å². The van der Waals surface area contributed by atoms with E-state index in [1.807, 2.05) is 36.4 Å². The number of fused-ring (bicyclic) bond motifs is 1. The van der Waals surface area contributed by atoms with Crippen molar-refractivity contribution in [2.45, 2.75) is 18.8 Å². The Morgan fingerprint density at radius 2 is 2.14 bits per heavy atom. The number of allylic oxidation sites excluding steroid dienone is 1. The number of aliphatic carboxylic acids is 1. The van der Waals surface area contributed by atoms with Crippen molar-refractivity contribution in [2.24, 2.45) is 0 Å². The van der Waals surface area contributed by atoms with E-state index in [0.717, 1.165) is 11.1 Å². The lowest BCUT2D eigenvalue weighted by Gasteiger charge is -2.28. The summed E-state index contributed by atoms with van der Waals surface area (Å²) in [5, 5.41) is 9.21. The Labute approximate surface area is 82.9 Å². The Kier molecular flexibility index (Phi) is 1.92. The fourth-order valence-corrected chi connectivity index (χ4v) is 1.88. The van der Waals surface area contributed by atoms with Gasteiger partial charge < -0.3 is 5.11 Å². The molecular weight excluding hydrogens is 176 g/mol. The molecule has 1 aromatic rings. The Balaban J connectivity index is 2.61. The third kappa shape index (κ3) is 1.15. The third-order valence-electron chi connectivity index (χ3n) is 2.85. The van der Waals surface area contributed by atoms with Gasteiger partial charge in [0.1, 0.15) is 0 Å². The summed E-state index contributed by atoms with van der Waals surface area (Å²) in [4.78, 5) is 11.2. The first-order valence-corrected chi connectivity index (χ1v) is 4.64. The molecule has 0 saturated carbocycles. The molecule has 14 heavy (non-hydrogen) atoms. The highest BCUT2D eigenvalue weighted by Gasteiger charge is 2.36. The van der Waals surface area contributed by atoms with Crippen molar-refractivity contribution in [2.75, 3.05) is 0 Å². The van der Waals surface area contributed by atoms with E-state index < -0.39 is 11.4 Å². The van der Waals surface area contributed by atoms with Crippen LogP contribution in [0.15, 0.2) is 30.3 Å². The summed E-state index contributed by atoms with van der Waals surface area (Å²) in [6.07, 6.45) is 4.48. The van der Waals surface area contributed by atoms with Crippen LogP contribution in [0.4, 0.5) is 0 Å². The zero-order valence-corrected chi connectivity index (χ0v) is 8.03. The van der Waals surface area contributed by atoms with E-state index in [-0.39, 0.29) is 0 Å². The summed E-state index contributed by atoms with van der Waals surface area (Å²) in [6.45, 7) is 1.78. The third-order valence-corrected chi connectivity index (χ3v) is 2.85. The average Bonchev–Trinajstić information content (AvgIpc) is 2.18. The minimum atomic E-state index is -0.759. The molecule has 0 fully saturated rings. The predicted octanol–water partition coefficient (Wildman–Crippen LogP) is 2.45. The van der Waals surface area contributed by atoms with Gasteiger partial charge in [0.25, 0.3) is 0 Å². The molecule has 1 aliphatic carbocycles. The fraction of sp³-hybridized carbons (Fsp3) is 0.250. The lowest BCUT2D eigenvalue weighted by Crippen LogP contribution is -2.33. The maximum atomic E-state index is 11.2. The van der Waals surface area contributed by atoms with E-state index >= 15 is 0 Å². The van der Waals surface area contributed by atoms with Crippen LogP contribution in [0.25, 0.3) is 6.08 Å². The van der Waals surface area contributed by atoms with Gasteiger partial charge in [-0.1, -0.05) is 36.4 Å². The molecule has 1 aliphatic rings. The van der Waals surface area contributed by atoms with Crippen molar-refractivity contribution in [1.82, 2.24) is 0 Å². The van der Waals surface area contributed by atoms with Gasteiger partial charge in [-0.05, 0) is 24.5 Å². The van der Waals surface area contributed by atoms with Crippen molar-refractivity contribution in [3.05, 3.63) is 41.5 Å². The van der Waals surface area contributed by atoms with Crippen LogP contribution in [0, 0.1) is 0 Å². The van der Waals surface area contributed by atoms with Crippen molar-refractivity contribution >= 4 is 12.0 Å². The van der Waals surface area contributed by atoms with E-state index in [1.165, 1.54) is 0 Å². The highest BCUT2D eigenvalue weighted by molar-refractivity contribution is 5.84. The van der Waals surface area contributed by atoms with Gasteiger partial charge in [-0.25, -0.2) is 0 Å². The Morgan fingerprint density at radius 1 is 1.43 bits per heavy atom. The van der Waals surface area contributed by atoms with Gasteiger partial charge in [0, 0.05) is 0 Å². The largest absolute Gasteiger partial charge is 0.481 e. The first kappa shape index (κ1) is 9.00. The number of benzene rings is 1. The highest BCUT2D eigenvalue weighted by atomic mass is 16.4. The summed E-state index contributed by atoms with van der Waals surface area (Å²) in [7, 11) is 0. The molecule has 0 spiro atoms. The minimum Gasteiger partial charge on any atom is -0.481 e. The number of hydrogen-bond acceptors (Lipinski definition) is 1. The second kappa shape index (κ2) is 2.98. The van der Waals surface area contributed by atoms with Gasteiger partial charge in [0.15, 0.2) is 0 Å². The Hall–Kier alpha value is -1.57. The maximum absolute atomic E-state index is 11.2. The molecule has 0 aromatic heterocycles. The molecule has 0 amide bonds. The van der Waals surface area contributed by atoms with E-state index in [0.29, 0.717) is 6.42 Å². The monoisotopic (exact) mass is 188 g/mol. The van der Waals surface area contributed by atoms with Crippen LogP contribution in [-0.4, -0.2) is 11.1 Å². The minimum absolute atomic E-state index is 0.569. The molecule has 72 valence electrons. The standard InChI is InChI=1S/C12H12O2/c1-12(11(13)14)8-4-6-9-5-2-3-7-10(9)12/h2-7H,8H2,1H3,(H,13,14). The quantitative estimate of drug-likeness (QED) is 0.735. The van der Waals surface area contributed by atoms with Crippen LogP contribution in [0.3, 0.4) is 0 Å². The van der Waals surface area contributed by atoms with Crippen LogP contribution in [-0.2, 0) is 10.2 Å². The topological polar surface area (TPSA) is 37.3 Å². The Morgan fingerprint density at radius 3 is 2.86 bits per heavy atom. The van der Waals surface area contributed by atoms with Crippen molar-refractivity contribution in [3.63, 3.8) is 0 Å². The Bertz CT molecular complexity index is 407. The van der Waals surface area contributed by atoms with Crippen LogP contribution in [0.1, 0.15) is 24.5 Å². The molecule has 0 saturated heterocycles. The highest BCUT2D eigenvalue weighted by Crippen LogP contribution is 2.35. The zero-order chi connectivity index (χ0) is 10.2. The van der Waals surface area contributed by atoms with E-state index in [2.05, 4.69) is 0 Å². The SMILES string of the molecule is CC1(C(=O)O)CC=Cc2ccccc21. The number of rotatable bonds is 1. The average molecular weight is 188 g/mol. The molecule has 1 N–H and O–H groups in total. The lowest BCUT2D eigenvalue weighted by molar-refractivity contribution is -0.143. The maximum Gasteiger partial charge on any atom is 0.314 e. The molecule has 1 aromatic carbocycles. The number of carbonyl (C=O) groups is 1. The smallest absolute Gasteiger partial charge is 0.314 e. The van der Waals surface area contributed by atoms with Crippen LogP contribution < -0.4 is 0 Å². The van der Waals surface area contributed by atoms with Crippen molar-refractivity contribution in [1.29, 1.82) is 0 Å². The normalized spacial score (nSPS) is 24.4. The molecule has 2 nitrogen and oxygen atoms in total. The van der Waals surface area contributed by atoms with E-state index in [9.17, 15) is 9.90 Å². The first-order valence-electron chi connectivity index (χ1n) is 4.64. The summed E-state index contributed by atoms with van der Waals surface area (Å²) in [5.41, 5.74) is 1.17. The molecule has 1 unspecified atom stereocenters. The first-order chi connectivity index (χ1) is 6.64. The summed E-state index contributed by atoms with van der Waals surface area (Å²) >= 11 is 0. The molecular formula is C12H12O2. The molecule has 0 aliphatic heterocycles. The van der Waals surface area contributed by atoms with Crippen molar-refractivity contribution in [3.8, 4) is 0 Å². The van der Waals surface area contributed by atoms with Gasteiger partial charge in [-0.3, -0.25) is 4.79 Å². The second-order valence-electron chi connectivity index (χ2n) is 3.83. The lowest BCUT2D eigenvalue weighted by atomic mass is 9.74. The summed E-state index contributed by atoms with van der Waals surface area (Å²) in [6, 6.07) is 7.66. The number of carboxylic acids is 1. The summed E-state index contributed by atoms with van der Waals surface area (Å²) in [5.74, 6) is -0.755. The predicted molar refractivity (Wildman–Crippen MR) is 55.1 cm³/mol. The molecule has 1 atom stereocenters. The molecule has 0 radical (unpaired) electrons.